The topological polar surface area (TPSA) is 27.7 Å². The van der Waals surface area contributed by atoms with Crippen molar-refractivity contribution in [2.24, 2.45) is 5.92 Å². The zero-order valence-electron chi connectivity index (χ0n) is 7.79. The van der Waals surface area contributed by atoms with E-state index in [-0.39, 0.29) is 0 Å². The lowest BCUT2D eigenvalue weighted by atomic mass is 10.5. The summed E-state index contributed by atoms with van der Waals surface area (Å²) in [6.07, 6.45) is 2.97. The van der Waals surface area contributed by atoms with Gasteiger partial charge in [-0.1, -0.05) is 19.8 Å². The predicted molar refractivity (Wildman–Crippen MR) is 46.6 cm³/mol. The molecule has 0 heterocycles. The molecule has 0 aromatic carbocycles. The Morgan fingerprint density at radius 3 is 1.27 bits per heavy atom. The zero-order valence-corrected chi connectivity index (χ0v) is 8.95. The maximum atomic E-state index is 4.74. The summed E-state index contributed by atoms with van der Waals surface area (Å²) in [6, 6.07) is 0. The molecule has 1 fully saturated rings. The fourth-order valence-electron chi connectivity index (χ4n) is 0.455. The number of hydrogen-bond donors (Lipinski definition) is 0. The summed E-state index contributed by atoms with van der Waals surface area (Å²) < 4.78 is 14.2. The molecule has 0 bridgehead atoms. The smallest absolute Gasteiger partial charge is 0.379 e. The normalized spacial score (nSPS) is 16.1. The van der Waals surface area contributed by atoms with E-state index in [1.165, 1.54) is 12.8 Å². The minimum absolute atomic E-state index is 1.08. The second kappa shape index (κ2) is 6.79. The fraction of sp³-hybridized carbons (Fsp3) is 1.00. The molecule has 3 nitrogen and oxygen atoms in total. The Labute approximate surface area is 70.6 Å². The molecule has 0 aromatic heterocycles. The Morgan fingerprint density at radius 2 is 1.27 bits per heavy atom. The van der Waals surface area contributed by atoms with Crippen LogP contribution in [0.2, 0.25) is 0 Å². The van der Waals surface area contributed by atoms with E-state index in [0.29, 0.717) is 0 Å². The molecule has 1 aliphatic rings. The summed E-state index contributed by atoms with van der Waals surface area (Å²) >= 11 is 0. The first-order valence-electron chi connectivity index (χ1n) is 3.83. The Hall–Kier alpha value is 0.0969. The standard InChI is InChI=1S/C4H8.C3H10O3Si/c1-4-2-3-4;1-4-7(5-2)6-3/h4H,2-3H2,1H3;7H,1-3H3. The molecule has 11 heavy (non-hydrogen) atoms. The molecule has 0 radical (unpaired) electrons. The van der Waals surface area contributed by atoms with Gasteiger partial charge in [0, 0.05) is 21.3 Å². The minimum Gasteiger partial charge on any atom is -0.379 e. The highest BCUT2D eigenvalue weighted by molar-refractivity contribution is 6.36. The van der Waals surface area contributed by atoms with Crippen LogP contribution in [0.15, 0.2) is 0 Å². The van der Waals surface area contributed by atoms with Crippen LogP contribution in [-0.2, 0) is 13.3 Å². The molecule has 0 atom stereocenters. The Balaban J connectivity index is 0.000000207. The van der Waals surface area contributed by atoms with Crippen molar-refractivity contribution in [3.8, 4) is 0 Å². The Bertz CT molecular complexity index is 76.2. The molecule has 68 valence electrons. The molecule has 1 aliphatic carbocycles. The first-order chi connectivity index (χ1) is 5.24. The number of rotatable bonds is 3. The van der Waals surface area contributed by atoms with E-state index >= 15 is 0 Å². The van der Waals surface area contributed by atoms with Crippen LogP contribution < -0.4 is 0 Å². The molecule has 1 rings (SSSR count). The van der Waals surface area contributed by atoms with E-state index < -0.39 is 9.53 Å². The largest absolute Gasteiger partial charge is 0.483 e. The van der Waals surface area contributed by atoms with E-state index in [4.69, 9.17) is 13.3 Å². The van der Waals surface area contributed by atoms with Crippen molar-refractivity contribution >= 4 is 9.53 Å². The molecule has 0 saturated heterocycles. The Morgan fingerprint density at radius 1 is 1.00 bits per heavy atom. The summed E-state index contributed by atoms with van der Waals surface area (Å²) in [6.45, 7) is 2.28. The van der Waals surface area contributed by atoms with Crippen LogP contribution in [0.5, 0.6) is 0 Å². The van der Waals surface area contributed by atoms with Crippen LogP contribution in [0, 0.1) is 5.92 Å². The molecule has 0 aromatic rings. The lowest BCUT2D eigenvalue weighted by molar-refractivity contribution is 0.163. The number of hydrogen-bond acceptors (Lipinski definition) is 3. The van der Waals surface area contributed by atoms with Gasteiger partial charge in [0.2, 0.25) is 0 Å². The zero-order chi connectivity index (χ0) is 8.69. The van der Waals surface area contributed by atoms with Gasteiger partial charge in [0.15, 0.2) is 0 Å². The van der Waals surface area contributed by atoms with Gasteiger partial charge in [-0.3, -0.25) is 0 Å². The van der Waals surface area contributed by atoms with Crippen molar-refractivity contribution in [1.82, 2.24) is 0 Å². The molecular weight excluding hydrogens is 160 g/mol. The summed E-state index contributed by atoms with van der Waals surface area (Å²) in [4.78, 5) is 0. The summed E-state index contributed by atoms with van der Waals surface area (Å²) in [5.41, 5.74) is 0. The molecular formula is C7H18O3Si. The van der Waals surface area contributed by atoms with Gasteiger partial charge in [0.05, 0.1) is 0 Å². The van der Waals surface area contributed by atoms with Crippen LogP contribution in [0.25, 0.3) is 0 Å². The molecule has 0 N–H and O–H groups in total. The second-order valence-electron chi connectivity index (χ2n) is 2.68. The van der Waals surface area contributed by atoms with Crippen LogP contribution in [-0.4, -0.2) is 30.9 Å². The van der Waals surface area contributed by atoms with E-state index in [9.17, 15) is 0 Å². The Kier molecular flexibility index (Phi) is 6.85. The van der Waals surface area contributed by atoms with Crippen molar-refractivity contribution in [3.05, 3.63) is 0 Å². The van der Waals surface area contributed by atoms with Gasteiger partial charge in [-0.2, -0.15) is 0 Å². The first-order valence-corrected chi connectivity index (χ1v) is 5.24. The van der Waals surface area contributed by atoms with Gasteiger partial charge in [0.1, 0.15) is 0 Å². The second-order valence-corrected chi connectivity index (χ2v) is 4.67. The summed E-state index contributed by atoms with van der Waals surface area (Å²) in [7, 11) is 3.05. The fourth-order valence-corrected chi connectivity index (χ4v) is 1.03. The molecule has 0 aliphatic heterocycles. The van der Waals surface area contributed by atoms with Crippen molar-refractivity contribution in [2.75, 3.05) is 21.3 Å². The predicted octanol–water partition coefficient (Wildman–Crippen LogP) is 1.06. The first kappa shape index (κ1) is 11.1. The minimum atomic E-state index is -1.67. The quantitative estimate of drug-likeness (QED) is 0.605. The molecule has 0 amide bonds. The molecule has 4 heteroatoms. The van der Waals surface area contributed by atoms with Crippen LogP contribution in [0.3, 0.4) is 0 Å². The third kappa shape index (κ3) is 8.00. The van der Waals surface area contributed by atoms with E-state index in [0.717, 1.165) is 5.92 Å². The lowest BCUT2D eigenvalue weighted by Gasteiger charge is -2.05. The average molecular weight is 178 g/mol. The van der Waals surface area contributed by atoms with Crippen LogP contribution in [0.4, 0.5) is 0 Å². The highest BCUT2D eigenvalue weighted by atomic mass is 28.3. The van der Waals surface area contributed by atoms with Gasteiger partial charge in [0.25, 0.3) is 0 Å². The van der Waals surface area contributed by atoms with Gasteiger partial charge in [-0.25, -0.2) is 0 Å². The average Bonchev–Trinajstić information content (AvgIpc) is 2.77. The van der Waals surface area contributed by atoms with Crippen molar-refractivity contribution < 1.29 is 13.3 Å². The van der Waals surface area contributed by atoms with Crippen molar-refractivity contribution in [2.45, 2.75) is 19.8 Å². The SMILES string of the molecule is CC1CC1.CO[SiH](OC)OC. The van der Waals surface area contributed by atoms with E-state index in [2.05, 4.69) is 6.92 Å². The molecule has 0 unspecified atom stereocenters. The molecule has 1 saturated carbocycles. The third-order valence-corrected chi connectivity index (χ3v) is 2.60. The van der Waals surface area contributed by atoms with Gasteiger partial charge in [-0.15, -0.1) is 0 Å². The maximum Gasteiger partial charge on any atom is 0.483 e. The highest BCUT2D eigenvalue weighted by Gasteiger charge is 2.12. The van der Waals surface area contributed by atoms with Crippen molar-refractivity contribution in [3.63, 3.8) is 0 Å². The summed E-state index contributed by atoms with van der Waals surface area (Å²) in [5.74, 6) is 1.08. The van der Waals surface area contributed by atoms with Gasteiger partial charge in [-0.05, 0) is 5.92 Å². The lowest BCUT2D eigenvalue weighted by Crippen LogP contribution is -2.21. The third-order valence-electron chi connectivity index (χ3n) is 1.44. The van der Waals surface area contributed by atoms with Gasteiger partial charge < -0.3 is 13.3 Å². The monoisotopic (exact) mass is 178 g/mol. The maximum absolute atomic E-state index is 4.74. The van der Waals surface area contributed by atoms with Crippen LogP contribution >= 0.6 is 0 Å². The van der Waals surface area contributed by atoms with Crippen LogP contribution in [0.1, 0.15) is 19.8 Å². The summed E-state index contributed by atoms with van der Waals surface area (Å²) in [5, 5.41) is 0. The van der Waals surface area contributed by atoms with Crippen molar-refractivity contribution in [1.29, 1.82) is 0 Å². The van der Waals surface area contributed by atoms with Gasteiger partial charge >= 0.3 is 9.53 Å². The van der Waals surface area contributed by atoms with E-state index in [1.807, 2.05) is 0 Å². The molecule has 0 spiro atoms. The van der Waals surface area contributed by atoms with E-state index in [1.54, 1.807) is 21.3 Å². The highest BCUT2D eigenvalue weighted by Crippen LogP contribution is 2.26.